The minimum Gasteiger partial charge on any atom is -0.312 e. The summed E-state index contributed by atoms with van der Waals surface area (Å²) in [5.41, 5.74) is 3.13. The predicted octanol–water partition coefficient (Wildman–Crippen LogP) is 3.32. The van der Waals surface area contributed by atoms with Gasteiger partial charge in [0.15, 0.2) is 0 Å². The lowest BCUT2D eigenvalue weighted by Crippen LogP contribution is -2.36. The second kappa shape index (κ2) is 5.32. The van der Waals surface area contributed by atoms with Crippen LogP contribution in [0.3, 0.4) is 0 Å². The van der Waals surface area contributed by atoms with Crippen LogP contribution in [0.4, 0.5) is 0 Å². The van der Waals surface area contributed by atoms with Crippen LogP contribution in [0.25, 0.3) is 0 Å². The highest BCUT2D eigenvalue weighted by atomic mass is 14.9. The fraction of sp³-hybridized carbons (Fsp3) is 0.571. The SMILES string of the molecule is Cc1ccccc1CCCNC(C)(C)C. The molecule has 0 fully saturated rings. The molecule has 0 atom stereocenters. The molecule has 0 aliphatic rings. The van der Waals surface area contributed by atoms with Crippen LogP contribution < -0.4 is 5.32 Å². The van der Waals surface area contributed by atoms with Crippen molar-refractivity contribution in [2.45, 2.75) is 46.1 Å². The first kappa shape index (κ1) is 12.3. The van der Waals surface area contributed by atoms with Crippen molar-refractivity contribution >= 4 is 0 Å². The zero-order chi connectivity index (χ0) is 11.3. The maximum absolute atomic E-state index is 3.51. The van der Waals surface area contributed by atoms with Gasteiger partial charge >= 0.3 is 0 Å². The first-order valence-corrected chi connectivity index (χ1v) is 5.78. The Labute approximate surface area is 93.9 Å². The van der Waals surface area contributed by atoms with Crippen LogP contribution in [0.5, 0.6) is 0 Å². The van der Waals surface area contributed by atoms with Gasteiger partial charge in [-0.2, -0.15) is 0 Å². The molecule has 0 saturated heterocycles. The Morgan fingerprint density at radius 1 is 1.13 bits per heavy atom. The van der Waals surface area contributed by atoms with Gasteiger partial charge < -0.3 is 5.32 Å². The molecule has 0 saturated carbocycles. The van der Waals surface area contributed by atoms with Crippen molar-refractivity contribution in [3.63, 3.8) is 0 Å². The Kier molecular flexibility index (Phi) is 4.34. The minimum absolute atomic E-state index is 0.242. The summed E-state index contributed by atoms with van der Waals surface area (Å²) < 4.78 is 0. The zero-order valence-electron chi connectivity index (χ0n) is 10.4. The van der Waals surface area contributed by atoms with E-state index < -0.39 is 0 Å². The van der Waals surface area contributed by atoms with Crippen molar-refractivity contribution in [3.8, 4) is 0 Å². The van der Waals surface area contributed by atoms with Gasteiger partial charge in [0.1, 0.15) is 0 Å². The lowest BCUT2D eigenvalue weighted by Gasteiger charge is -2.20. The topological polar surface area (TPSA) is 12.0 Å². The number of hydrogen-bond donors (Lipinski definition) is 1. The highest BCUT2D eigenvalue weighted by Gasteiger charge is 2.07. The maximum atomic E-state index is 3.51. The lowest BCUT2D eigenvalue weighted by atomic mass is 10.0. The summed E-state index contributed by atoms with van der Waals surface area (Å²) in [5.74, 6) is 0. The van der Waals surface area contributed by atoms with E-state index in [0.717, 1.165) is 6.54 Å². The second-order valence-electron chi connectivity index (χ2n) is 5.21. The number of nitrogens with one attached hydrogen (secondary N) is 1. The molecule has 0 bridgehead atoms. The molecule has 0 unspecified atom stereocenters. The van der Waals surface area contributed by atoms with Gasteiger partial charge in [-0.1, -0.05) is 24.3 Å². The highest BCUT2D eigenvalue weighted by molar-refractivity contribution is 5.25. The Hall–Kier alpha value is -0.820. The van der Waals surface area contributed by atoms with Gasteiger partial charge in [0.05, 0.1) is 0 Å². The van der Waals surface area contributed by atoms with Crippen molar-refractivity contribution in [3.05, 3.63) is 35.4 Å². The van der Waals surface area contributed by atoms with E-state index >= 15 is 0 Å². The van der Waals surface area contributed by atoms with E-state index in [-0.39, 0.29) is 5.54 Å². The molecule has 1 rings (SSSR count). The fourth-order valence-electron chi connectivity index (χ4n) is 1.63. The zero-order valence-corrected chi connectivity index (χ0v) is 10.4. The molecule has 1 aromatic carbocycles. The van der Waals surface area contributed by atoms with E-state index in [1.807, 2.05) is 0 Å². The first-order chi connectivity index (χ1) is 6.99. The van der Waals surface area contributed by atoms with Crippen LogP contribution in [-0.4, -0.2) is 12.1 Å². The number of benzene rings is 1. The third-order valence-electron chi connectivity index (χ3n) is 2.54. The molecule has 1 N–H and O–H groups in total. The number of hydrogen-bond acceptors (Lipinski definition) is 1. The van der Waals surface area contributed by atoms with Crippen molar-refractivity contribution in [2.24, 2.45) is 0 Å². The molecule has 0 heterocycles. The molecule has 15 heavy (non-hydrogen) atoms. The standard InChI is InChI=1S/C14H23N/c1-12-8-5-6-9-13(12)10-7-11-15-14(2,3)4/h5-6,8-9,15H,7,10-11H2,1-4H3. The van der Waals surface area contributed by atoms with E-state index in [1.54, 1.807) is 0 Å². The molecule has 0 aromatic heterocycles. The Morgan fingerprint density at radius 2 is 1.80 bits per heavy atom. The minimum atomic E-state index is 0.242. The van der Waals surface area contributed by atoms with Gasteiger partial charge in [-0.25, -0.2) is 0 Å². The smallest absolute Gasteiger partial charge is 0.00965 e. The summed E-state index contributed by atoms with van der Waals surface area (Å²) >= 11 is 0. The second-order valence-corrected chi connectivity index (χ2v) is 5.21. The van der Waals surface area contributed by atoms with Crippen molar-refractivity contribution in [2.75, 3.05) is 6.54 Å². The van der Waals surface area contributed by atoms with Crippen LogP contribution >= 0.6 is 0 Å². The van der Waals surface area contributed by atoms with E-state index in [4.69, 9.17) is 0 Å². The van der Waals surface area contributed by atoms with E-state index in [0.29, 0.717) is 0 Å². The molecule has 84 valence electrons. The number of rotatable bonds is 4. The summed E-state index contributed by atoms with van der Waals surface area (Å²) in [4.78, 5) is 0. The van der Waals surface area contributed by atoms with Gasteiger partial charge in [0, 0.05) is 5.54 Å². The molecule has 0 radical (unpaired) electrons. The molecule has 0 aliphatic heterocycles. The van der Waals surface area contributed by atoms with Crippen LogP contribution in [0, 0.1) is 6.92 Å². The molecular weight excluding hydrogens is 182 g/mol. The normalized spacial score (nSPS) is 11.7. The van der Waals surface area contributed by atoms with Crippen LogP contribution in [0.2, 0.25) is 0 Å². The monoisotopic (exact) mass is 205 g/mol. The summed E-state index contributed by atoms with van der Waals surface area (Å²) in [6.45, 7) is 9.91. The largest absolute Gasteiger partial charge is 0.312 e. The van der Waals surface area contributed by atoms with E-state index in [1.165, 1.54) is 24.0 Å². The van der Waals surface area contributed by atoms with Gasteiger partial charge in [-0.3, -0.25) is 0 Å². The molecule has 0 spiro atoms. The summed E-state index contributed by atoms with van der Waals surface area (Å²) in [6.07, 6.45) is 2.39. The molecule has 1 aromatic rings. The van der Waals surface area contributed by atoms with Gasteiger partial charge in [-0.05, 0) is 58.2 Å². The summed E-state index contributed by atoms with van der Waals surface area (Å²) in [6, 6.07) is 8.64. The Bertz CT molecular complexity index is 296. The van der Waals surface area contributed by atoms with Crippen LogP contribution in [-0.2, 0) is 6.42 Å². The van der Waals surface area contributed by atoms with Gasteiger partial charge in [-0.15, -0.1) is 0 Å². The molecule has 0 amide bonds. The van der Waals surface area contributed by atoms with Crippen LogP contribution in [0.15, 0.2) is 24.3 Å². The van der Waals surface area contributed by atoms with Gasteiger partial charge in [0.2, 0.25) is 0 Å². The highest BCUT2D eigenvalue weighted by Crippen LogP contribution is 2.09. The molecule has 0 aliphatic carbocycles. The fourth-order valence-corrected chi connectivity index (χ4v) is 1.63. The van der Waals surface area contributed by atoms with Crippen LogP contribution in [0.1, 0.15) is 38.3 Å². The Morgan fingerprint density at radius 3 is 2.40 bits per heavy atom. The average Bonchev–Trinajstić information content (AvgIpc) is 2.13. The maximum Gasteiger partial charge on any atom is 0.00965 e. The molecule has 1 nitrogen and oxygen atoms in total. The third kappa shape index (κ3) is 4.98. The predicted molar refractivity (Wildman–Crippen MR) is 67.3 cm³/mol. The number of aryl methyl sites for hydroxylation is 2. The van der Waals surface area contributed by atoms with Crippen molar-refractivity contribution in [1.29, 1.82) is 0 Å². The molecule has 1 heteroatoms. The lowest BCUT2D eigenvalue weighted by molar-refractivity contribution is 0.422. The summed E-state index contributed by atoms with van der Waals surface area (Å²) in [5, 5.41) is 3.51. The first-order valence-electron chi connectivity index (χ1n) is 5.78. The molecular formula is C14H23N. The van der Waals surface area contributed by atoms with Crippen molar-refractivity contribution < 1.29 is 0 Å². The summed E-state index contributed by atoms with van der Waals surface area (Å²) in [7, 11) is 0. The van der Waals surface area contributed by atoms with E-state index in [9.17, 15) is 0 Å². The average molecular weight is 205 g/mol. The van der Waals surface area contributed by atoms with Crippen molar-refractivity contribution in [1.82, 2.24) is 5.32 Å². The quantitative estimate of drug-likeness (QED) is 0.744. The van der Waals surface area contributed by atoms with E-state index in [2.05, 4.69) is 57.3 Å². The Balaban J connectivity index is 2.30. The van der Waals surface area contributed by atoms with Gasteiger partial charge in [0.25, 0.3) is 0 Å². The third-order valence-corrected chi connectivity index (χ3v) is 2.54.